The van der Waals surface area contributed by atoms with Gasteiger partial charge in [-0.3, -0.25) is 4.57 Å². The van der Waals surface area contributed by atoms with E-state index < -0.39 is 36.1 Å². The molecule has 0 bridgehead atoms. The van der Waals surface area contributed by atoms with Gasteiger partial charge in [0.25, 0.3) is 0 Å². The molecule has 2 aromatic carbocycles. The van der Waals surface area contributed by atoms with Crippen molar-refractivity contribution in [3.63, 3.8) is 0 Å². The van der Waals surface area contributed by atoms with Gasteiger partial charge in [0.05, 0.1) is 11.1 Å². The first-order valence-electron chi connectivity index (χ1n) is 9.85. The lowest BCUT2D eigenvalue weighted by atomic mass is 10.1. The molecule has 164 valence electrons. The monoisotopic (exact) mass is 436 g/mol. The minimum Gasteiger partial charge on any atom is -0.459 e. The van der Waals surface area contributed by atoms with Crippen LogP contribution in [0.2, 0.25) is 0 Å². The van der Waals surface area contributed by atoms with Crippen molar-refractivity contribution in [2.24, 2.45) is 0 Å². The number of carbonyl (C=O) groups excluding carboxylic acids is 2. The van der Waals surface area contributed by atoms with Crippen LogP contribution in [-0.2, 0) is 14.2 Å². The van der Waals surface area contributed by atoms with Gasteiger partial charge in [0.1, 0.15) is 31.4 Å². The molecule has 2 heterocycles. The van der Waals surface area contributed by atoms with Crippen LogP contribution in [0.3, 0.4) is 0 Å². The van der Waals surface area contributed by atoms with E-state index in [1.54, 1.807) is 60.7 Å². The standard InChI is InChI=1S/C22H20N4O6/c23-21-24-13-26(22(29)25-21)18-11-16(32-20(28)15-9-5-2-6-10-15)17(31-18)12-30-19(27)14-7-3-1-4-8-14/h1-10,13,16-18H,11-12H2,(H2,23,25,29)/t16-,17-,18-/m0/s1. The van der Waals surface area contributed by atoms with E-state index >= 15 is 0 Å². The number of esters is 2. The Kier molecular flexibility index (Phi) is 6.22. The molecule has 1 aliphatic rings. The topological polar surface area (TPSA) is 136 Å². The molecular formula is C22H20N4O6. The number of aromatic nitrogens is 3. The molecule has 1 aromatic heterocycles. The number of carbonyl (C=O) groups is 2. The van der Waals surface area contributed by atoms with Gasteiger partial charge in [-0.15, -0.1) is 0 Å². The molecule has 0 amide bonds. The second-order valence-corrected chi connectivity index (χ2v) is 7.04. The van der Waals surface area contributed by atoms with Crippen molar-refractivity contribution >= 4 is 17.9 Å². The molecule has 0 radical (unpaired) electrons. The Morgan fingerprint density at radius 2 is 1.66 bits per heavy atom. The van der Waals surface area contributed by atoms with Crippen molar-refractivity contribution in [1.29, 1.82) is 0 Å². The number of hydrogen-bond acceptors (Lipinski definition) is 9. The predicted octanol–water partition coefficient (Wildman–Crippen LogP) is 1.59. The summed E-state index contributed by atoms with van der Waals surface area (Å²) < 4.78 is 18.0. The average molecular weight is 436 g/mol. The highest BCUT2D eigenvalue weighted by molar-refractivity contribution is 5.90. The summed E-state index contributed by atoms with van der Waals surface area (Å²) >= 11 is 0. The highest BCUT2D eigenvalue weighted by atomic mass is 16.6. The van der Waals surface area contributed by atoms with Crippen LogP contribution in [-0.4, -0.2) is 45.3 Å². The smallest absolute Gasteiger partial charge is 0.354 e. The zero-order valence-corrected chi connectivity index (χ0v) is 16.9. The molecule has 32 heavy (non-hydrogen) atoms. The molecule has 1 saturated heterocycles. The minimum atomic E-state index is -0.822. The van der Waals surface area contributed by atoms with Crippen LogP contribution in [0.5, 0.6) is 0 Å². The Labute approximate surface area is 182 Å². The number of anilines is 1. The molecule has 0 saturated carbocycles. The maximum absolute atomic E-state index is 12.6. The fourth-order valence-electron chi connectivity index (χ4n) is 3.29. The molecule has 2 N–H and O–H groups in total. The molecule has 0 unspecified atom stereocenters. The fourth-order valence-corrected chi connectivity index (χ4v) is 3.29. The van der Waals surface area contributed by atoms with Crippen molar-refractivity contribution in [3.05, 3.63) is 88.6 Å². The molecule has 1 aliphatic heterocycles. The van der Waals surface area contributed by atoms with Crippen LogP contribution >= 0.6 is 0 Å². The number of rotatable bonds is 6. The van der Waals surface area contributed by atoms with Gasteiger partial charge in [0, 0.05) is 6.42 Å². The third-order valence-electron chi connectivity index (χ3n) is 4.89. The second-order valence-electron chi connectivity index (χ2n) is 7.04. The number of hydrogen-bond donors (Lipinski definition) is 1. The van der Waals surface area contributed by atoms with Crippen LogP contribution < -0.4 is 11.4 Å². The largest absolute Gasteiger partial charge is 0.459 e. The van der Waals surface area contributed by atoms with Gasteiger partial charge < -0.3 is 19.9 Å². The first-order chi connectivity index (χ1) is 15.5. The minimum absolute atomic E-state index is 0.138. The van der Waals surface area contributed by atoms with Crippen LogP contribution in [0.1, 0.15) is 33.4 Å². The molecule has 0 aliphatic carbocycles. The predicted molar refractivity (Wildman–Crippen MR) is 112 cm³/mol. The molecule has 3 atom stereocenters. The Morgan fingerprint density at radius 1 is 1.03 bits per heavy atom. The van der Waals surface area contributed by atoms with E-state index in [0.717, 1.165) is 4.57 Å². The van der Waals surface area contributed by atoms with Gasteiger partial charge in [-0.2, -0.15) is 4.98 Å². The van der Waals surface area contributed by atoms with E-state index in [9.17, 15) is 14.4 Å². The molecule has 10 heteroatoms. The summed E-state index contributed by atoms with van der Waals surface area (Å²) in [6.45, 7) is -0.179. The zero-order chi connectivity index (χ0) is 22.5. The average Bonchev–Trinajstić information content (AvgIpc) is 3.20. The number of nitrogens with zero attached hydrogens (tertiary/aromatic N) is 3. The first kappa shape index (κ1) is 21.2. The van der Waals surface area contributed by atoms with Gasteiger partial charge in [-0.1, -0.05) is 36.4 Å². The summed E-state index contributed by atoms with van der Waals surface area (Å²) in [5.74, 6) is -1.26. The summed E-state index contributed by atoms with van der Waals surface area (Å²) in [6.07, 6.45) is -1.05. The Morgan fingerprint density at radius 3 is 2.28 bits per heavy atom. The fraction of sp³-hybridized carbons (Fsp3) is 0.227. The van der Waals surface area contributed by atoms with Gasteiger partial charge in [-0.05, 0) is 24.3 Å². The van der Waals surface area contributed by atoms with Crippen molar-refractivity contribution < 1.29 is 23.8 Å². The van der Waals surface area contributed by atoms with Crippen LogP contribution in [0.15, 0.2) is 71.8 Å². The molecule has 0 spiro atoms. The van der Waals surface area contributed by atoms with Gasteiger partial charge in [0.2, 0.25) is 5.95 Å². The van der Waals surface area contributed by atoms with Crippen molar-refractivity contribution in [3.8, 4) is 0 Å². The Bertz CT molecular complexity index is 1150. The lowest BCUT2D eigenvalue weighted by Gasteiger charge is -2.19. The van der Waals surface area contributed by atoms with Crippen molar-refractivity contribution in [1.82, 2.24) is 14.5 Å². The highest BCUT2D eigenvalue weighted by Crippen LogP contribution is 2.31. The van der Waals surface area contributed by atoms with Crippen LogP contribution in [0.4, 0.5) is 5.95 Å². The van der Waals surface area contributed by atoms with E-state index in [1.807, 2.05) is 0 Å². The van der Waals surface area contributed by atoms with Gasteiger partial charge in [0.15, 0.2) is 0 Å². The Balaban J connectivity index is 1.50. The number of nitrogens with two attached hydrogens (primary N) is 1. The van der Waals surface area contributed by atoms with E-state index in [-0.39, 0.29) is 19.0 Å². The molecular weight excluding hydrogens is 416 g/mol. The van der Waals surface area contributed by atoms with Gasteiger partial charge >= 0.3 is 17.6 Å². The van der Waals surface area contributed by atoms with Crippen molar-refractivity contribution in [2.75, 3.05) is 12.3 Å². The highest BCUT2D eigenvalue weighted by Gasteiger charge is 2.40. The van der Waals surface area contributed by atoms with Gasteiger partial charge in [-0.25, -0.2) is 19.4 Å². The van der Waals surface area contributed by atoms with E-state index in [0.29, 0.717) is 11.1 Å². The maximum atomic E-state index is 12.6. The van der Waals surface area contributed by atoms with E-state index in [1.165, 1.54) is 6.33 Å². The molecule has 10 nitrogen and oxygen atoms in total. The number of nitrogen functional groups attached to an aromatic ring is 1. The summed E-state index contributed by atoms with van der Waals surface area (Å²) in [7, 11) is 0. The van der Waals surface area contributed by atoms with Crippen LogP contribution in [0.25, 0.3) is 0 Å². The maximum Gasteiger partial charge on any atom is 0.354 e. The first-order valence-corrected chi connectivity index (χ1v) is 9.85. The third kappa shape index (κ3) is 4.81. The quantitative estimate of drug-likeness (QED) is 0.571. The van der Waals surface area contributed by atoms with E-state index in [2.05, 4.69) is 9.97 Å². The lowest BCUT2D eigenvalue weighted by Crippen LogP contribution is -2.32. The summed E-state index contributed by atoms with van der Waals surface area (Å²) in [6, 6.07) is 16.9. The number of ether oxygens (including phenoxy) is 3. The molecule has 1 fully saturated rings. The summed E-state index contributed by atoms with van der Waals surface area (Å²) in [5.41, 5.74) is 5.53. The van der Waals surface area contributed by atoms with Crippen molar-refractivity contribution in [2.45, 2.75) is 24.9 Å². The van der Waals surface area contributed by atoms with Crippen LogP contribution in [0, 0.1) is 0 Å². The second kappa shape index (κ2) is 9.40. The lowest BCUT2D eigenvalue weighted by molar-refractivity contribution is -0.0584. The Hall–Kier alpha value is -4.05. The molecule has 3 aromatic rings. The van der Waals surface area contributed by atoms with E-state index in [4.69, 9.17) is 19.9 Å². The summed E-state index contributed by atoms with van der Waals surface area (Å²) in [5, 5.41) is 0. The summed E-state index contributed by atoms with van der Waals surface area (Å²) in [4.78, 5) is 44.5. The SMILES string of the molecule is Nc1ncn([C@@H]2C[C@H](OC(=O)c3ccccc3)[C@H](COC(=O)c3ccccc3)O2)c(=O)n1. The third-order valence-corrected chi connectivity index (χ3v) is 4.89. The normalized spacial score (nSPS) is 19.9. The number of benzene rings is 2. The molecule has 4 rings (SSSR count). The zero-order valence-electron chi connectivity index (χ0n) is 16.9.